The van der Waals surface area contributed by atoms with E-state index in [0.29, 0.717) is 35.0 Å². The number of nitrogens with zero attached hydrogens (tertiary/aromatic N) is 4. The van der Waals surface area contributed by atoms with Crippen molar-refractivity contribution in [2.45, 2.75) is 20.0 Å². The highest BCUT2D eigenvalue weighted by Gasteiger charge is 2.21. The van der Waals surface area contributed by atoms with Crippen molar-refractivity contribution >= 4 is 11.2 Å². The molecule has 0 atom stereocenters. The van der Waals surface area contributed by atoms with Gasteiger partial charge in [-0.3, -0.25) is 13.9 Å². The number of rotatable bonds is 6. The first-order valence-corrected chi connectivity index (χ1v) is 9.43. The second-order valence-electron chi connectivity index (χ2n) is 6.79. The summed E-state index contributed by atoms with van der Waals surface area (Å²) in [6, 6.07) is 7.13. The van der Waals surface area contributed by atoms with Gasteiger partial charge in [0.25, 0.3) is 5.56 Å². The number of aryl methyl sites for hydroxylation is 2. The lowest BCUT2D eigenvalue weighted by Crippen LogP contribution is -2.40. The fraction of sp³-hybridized carbons (Fsp3) is 0.286. The Morgan fingerprint density at radius 3 is 2.47 bits per heavy atom. The first-order valence-electron chi connectivity index (χ1n) is 9.43. The molecule has 0 unspecified atom stereocenters. The summed E-state index contributed by atoms with van der Waals surface area (Å²) in [5, 5.41) is 0. The van der Waals surface area contributed by atoms with Crippen LogP contribution in [0.5, 0.6) is 11.5 Å². The molecule has 0 amide bonds. The molecule has 0 spiro atoms. The molecule has 30 heavy (non-hydrogen) atoms. The number of ether oxygens (including phenoxy) is 2. The molecular weight excluding hydrogens is 388 g/mol. The maximum Gasteiger partial charge on any atom is 0.333 e. The molecule has 0 saturated carbocycles. The number of hydrogen-bond acceptors (Lipinski definition) is 6. The van der Waals surface area contributed by atoms with E-state index in [2.05, 4.69) is 4.98 Å². The largest absolute Gasteiger partial charge is 0.493 e. The summed E-state index contributed by atoms with van der Waals surface area (Å²) in [6.07, 6.45) is 3.03. The van der Waals surface area contributed by atoms with Crippen LogP contribution >= 0.6 is 0 Å². The average molecular weight is 410 g/mol. The highest BCUT2D eigenvalue weighted by Crippen LogP contribution is 2.32. The molecule has 4 aromatic rings. The number of imidazole rings is 1. The van der Waals surface area contributed by atoms with Crippen molar-refractivity contribution in [1.29, 1.82) is 0 Å². The van der Waals surface area contributed by atoms with E-state index < -0.39 is 11.2 Å². The zero-order valence-corrected chi connectivity index (χ0v) is 17.2. The van der Waals surface area contributed by atoms with E-state index in [4.69, 9.17) is 13.9 Å². The fourth-order valence-corrected chi connectivity index (χ4v) is 3.59. The maximum atomic E-state index is 13.2. The van der Waals surface area contributed by atoms with E-state index >= 15 is 0 Å². The van der Waals surface area contributed by atoms with Crippen LogP contribution in [0.3, 0.4) is 0 Å². The maximum absolute atomic E-state index is 13.2. The van der Waals surface area contributed by atoms with E-state index in [1.165, 1.54) is 21.7 Å². The Balaban J connectivity index is 1.97. The lowest BCUT2D eigenvalue weighted by Gasteiger charge is -2.10. The van der Waals surface area contributed by atoms with Gasteiger partial charge in [-0.15, -0.1) is 0 Å². The molecule has 3 aromatic heterocycles. The van der Waals surface area contributed by atoms with Gasteiger partial charge in [0.05, 0.1) is 33.3 Å². The zero-order chi connectivity index (χ0) is 21.4. The van der Waals surface area contributed by atoms with Gasteiger partial charge in [0, 0.05) is 24.7 Å². The van der Waals surface area contributed by atoms with Crippen LogP contribution in [0, 0.1) is 0 Å². The van der Waals surface area contributed by atoms with Crippen LogP contribution in [-0.2, 0) is 20.1 Å². The molecule has 0 fully saturated rings. The van der Waals surface area contributed by atoms with E-state index in [1.807, 2.05) is 13.0 Å². The number of benzene rings is 1. The van der Waals surface area contributed by atoms with Crippen molar-refractivity contribution in [1.82, 2.24) is 18.7 Å². The summed E-state index contributed by atoms with van der Waals surface area (Å²) in [7, 11) is 4.88. The Morgan fingerprint density at radius 2 is 1.83 bits per heavy atom. The minimum absolute atomic E-state index is 0.126. The van der Waals surface area contributed by atoms with Crippen molar-refractivity contribution < 1.29 is 13.9 Å². The number of methoxy groups -OCH3 is 2. The third kappa shape index (κ3) is 2.99. The normalized spacial score (nSPS) is 11.2. The van der Waals surface area contributed by atoms with Crippen molar-refractivity contribution in [3.05, 3.63) is 63.2 Å². The molecule has 1 aromatic carbocycles. The summed E-state index contributed by atoms with van der Waals surface area (Å²) in [6.45, 7) is 2.35. The highest BCUT2D eigenvalue weighted by atomic mass is 16.5. The van der Waals surface area contributed by atoms with Crippen LogP contribution < -0.4 is 20.7 Å². The third-order valence-electron chi connectivity index (χ3n) is 5.12. The number of aromatic nitrogens is 4. The lowest BCUT2D eigenvalue weighted by atomic mass is 10.2. The third-order valence-corrected chi connectivity index (χ3v) is 5.12. The van der Waals surface area contributed by atoms with Gasteiger partial charge in [0.1, 0.15) is 5.82 Å². The Kier molecular flexibility index (Phi) is 4.94. The van der Waals surface area contributed by atoms with Gasteiger partial charge >= 0.3 is 5.69 Å². The number of fused-ring (bicyclic) bond motifs is 1. The lowest BCUT2D eigenvalue weighted by molar-refractivity contribution is 0.355. The summed E-state index contributed by atoms with van der Waals surface area (Å²) in [5.74, 6) is 1.69. The summed E-state index contributed by atoms with van der Waals surface area (Å²) in [4.78, 5) is 30.9. The molecule has 0 N–H and O–H groups in total. The molecule has 4 rings (SSSR count). The van der Waals surface area contributed by atoms with Crippen LogP contribution in [0.4, 0.5) is 0 Å². The van der Waals surface area contributed by atoms with Crippen LogP contribution in [-0.4, -0.2) is 32.9 Å². The van der Waals surface area contributed by atoms with E-state index in [0.717, 1.165) is 11.1 Å². The Bertz CT molecular complexity index is 1330. The second-order valence-corrected chi connectivity index (χ2v) is 6.79. The van der Waals surface area contributed by atoms with Gasteiger partial charge in [0.2, 0.25) is 0 Å². The minimum Gasteiger partial charge on any atom is -0.493 e. The van der Waals surface area contributed by atoms with E-state index in [1.54, 1.807) is 44.0 Å². The van der Waals surface area contributed by atoms with Crippen molar-refractivity contribution in [2.75, 3.05) is 14.2 Å². The fourth-order valence-electron chi connectivity index (χ4n) is 3.59. The molecule has 9 heteroatoms. The first-order chi connectivity index (χ1) is 14.5. The molecule has 0 aliphatic heterocycles. The molecule has 0 saturated heterocycles. The second kappa shape index (κ2) is 7.58. The quantitative estimate of drug-likeness (QED) is 0.484. The summed E-state index contributed by atoms with van der Waals surface area (Å²) in [5.41, 5.74) is 1.37. The summed E-state index contributed by atoms with van der Waals surface area (Å²) < 4.78 is 20.2. The summed E-state index contributed by atoms with van der Waals surface area (Å²) >= 11 is 0. The van der Waals surface area contributed by atoms with Crippen LogP contribution in [0.1, 0.15) is 12.5 Å². The van der Waals surface area contributed by atoms with Gasteiger partial charge in [-0.05, 0) is 31.2 Å². The van der Waals surface area contributed by atoms with Gasteiger partial charge in [-0.1, -0.05) is 0 Å². The van der Waals surface area contributed by atoms with Gasteiger partial charge < -0.3 is 18.5 Å². The molecule has 0 aliphatic rings. The van der Waals surface area contributed by atoms with Crippen LogP contribution in [0.15, 0.2) is 50.8 Å². The molecule has 9 nitrogen and oxygen atoms in total. The standard InChI is InChI=1S/C21H22N4O5/c1-5-24-19-17(20(26)25(21(24)27)11-13-8-9-30-12-13)23(2)18(22-19)14-6-7-15(28-3)16(10-14)29-4/h6-10,12H,5,11H2,1-4H3. The van der Waals surface area contributed by atoms with Crippen molar-refractivity contribution in [2.24, 2.45) is 7.05 Å². The monoisotopic (exact) mass is 410 g/mol. The highest BCUT2D eigenvalue weighted by molar-refractivity contribution is 5.77. The molecular formula is C21H22N4O5. The Labute approximate surface area is 171 Å². The van der Waals surface area contributed by atoms with Crippen LogP contribution in [0.25, 0.3) is 22.6 Å². The van der Waals surface area contributed by atoms with Crippen molar-refractivity contribution in [3.8, 4) is 22.9 Å². The Hall–Kier alpha value is -3.75. The number of hydrogen-bond donors (Lipinski definition) is 0. The SMILES string of the molecule is CCn1c(=O)n(Cc2ccoc2)c(=O)c2c1nc(-c1ccc(OC)c(OC)c1)n2C. The predicted octanol–water partition coefficient (Wildman–Crippen LogP) is 2.24. The molecule has 3 heterocycles. The Morgan fingerprint density at radius 1 is 1.07 bits per heavy atom. The van der Waals surface area contributed by atoms with Gasteiger partial charge in [-0.2, -0.15) is 0 Å². The predicted molar refractivity (Wildman–Crippen MR) is 111 cm³/mol. The van der Waals surface area contributed by atoms with Gasteiger partial charge in [0.15, 0.2) is 22.7 Å². The molecule has 0 aliphatic carbocycles. The number of furan rings is 1. The first kappa shape index (κ1) is 19.6. The molecule has 0 radical (unpaired) electrons. The van der Waals surface area contributed by atoms with Gasteiger partial charge in [-0.25, -0.2) is 9.78 Å². The minimum atomic E-state index is -0.409. The van der Waals surface area contributed by atoms with Crippen LogP contribution in [0.2, 0.25) is 0 Å². The average Bonchev–Trinajstić information content (AvgIpc) is 3.39. The zero-order valence-electron chi connectivity index (χ0n) is 17.2. The topological polar surface area (TPSA) is 93.4 Å². The van der Waals surface area contributed by atoms with E-state index in [-0.39, 0.29) is 6.54 Å². The van der Waals surface area contributed by atoms with E-state index in [9.17, 15) is 9.59 Å². The van der Waals surface area contributed by atoms with Crippen molar-refractivity contribution in [3.63, 3.8) is 0 Å². The smallest absolute Gasteiger partial charge is 0.333 e. The molecule has 0 bridgehead atoms. The molecule has 156 valence electrons.